The maximum atomic E-state index is 6.02. The Bertz CT molecular complexity index is 379. The van der Waals surface area contributed by atoms with E-state index in [1.54, 1.807) is 0 Å². The molecule has 18 heavy (non-hydrogen) atoms. The molecule has 2 N–H and O–H groups in total. The molecule has 0 fully saturated rings. The molecule has 0 spiro atoms. The van der Waals surface area contributed by atoms with Crippen molar-refractivity contribution in [3.05, 3.63) is 40.9 Å². The van der Waals surface area contributed by atoms with Crippen molar-refractivity contribution in [1.82, 2.24) is 0 Å². The summed E-state index contributed by atoms with van der Waals surface area (Å²) >= 11 is 3.54. The number of nitrogens with two attached hydrogens (primary N) is 1. The number of unbranched alkanes of at least 4 members (excludes halogenated alkanes) is 1. The van der Waals surface area contributed by atoms with Gasteiger partial charge in [-0.05, 0) is 53.2 Å². The summed E-state index contributed by atoms with van der Waals surface area (Å²) < 4.78 is 6.87. The molecule has 0 radical (unpaired) electrons. The van der Waals surface area contributed by atoms with Gasteiger partial charge in [-0.3, -0.25) is 0 Å². The largest absolute Gasteiger partial charge is 0.492 e. The highest BCUT2D eigenvalue weighted by Crippen LogP contribution is 2.30. The van der Waals surface area contributed by atoms with Gasteiger partial charge in [0, 0.05) is 6.04 Å². The van der Waals surface area contributed by atoms with E-state index >= 15 is 0 Å². The van der Waals surface area contributed by atoms with E-state index in [0.29, 0.717) is 6.61 Å². The highest BCUT2D eigenvalue weighted by molar-refractivity contribution is 9.10. The Morgan fingerprint density at radius 2 is 2.28 bits per heavy atom. The minimum atomic E-state index is 0.190. The van der Waals surface area contributed by atoms with E-state index in [1.807, 2.05) is 18.2 Å². The van der Waals surface area contributed by atoms with Gasteiger partial charge in [0.1, 0.15) is 5.75 Å². The van der Waals surface area contributed by atoms with E-state index in [9.17, 15) is 0 Å². The van der Waals surface area contributed by atoms with Gasteiger partial charge in [0.05, 0.1) is 11.1 Å². The van der Waals surface area contributed by atoms with Crippen LogP contribution in [0, 0.1) is 0 Å². The summed E-state index contributed by atoms with van der Waals surface area (Å²) in [5.41, 5.74) is 7.19. The topological polar surface area (TPSA) is 35.2 Å². The minimum absolute atomic E-state index is 0.190. The second kappa shape index (κ2) is 8.33. The molecule has 2 nitrogen and oxygen atoms in total. The van der Waals surface area contributed by atoms with Crippen LogP contribution in [0.25, 0.3) is 0 Å². The maximum Gasteiger partial charge on any atom is 0.136 e. The minimum Gasteiger partial charge on any atom is -0.492 e. The normalized spacial score (nSPS) is 12.2. The predicted octanol–water partition coefficient (Wildman–Crippen LogP) is 4.07. The van der Waals surface area contributed by atoms with Crippen molar-refractivity contribution in [2.75, 3.05) is 6.61 Å². The summed E-state index contributed by atoms with van der Waals surface area (Å²) in [4.78, 5) is 0. The van der Waals surface area contributed by atoms with E-state index in [0.717, 1.165) is 35.9 Å². The number of hydrogen-bond acceptors (Lipinski definition) is 2. The molecule has 1 aromatic carbocycles. The van der Waals surface area contributed by atoms with Gasteiger partial charge in [-0.15, -0.1) is 6.58 Å². The molecule has 0 saturated carbocycles. The SMILES string of the molecule is C=CCCCOc1c(Br)cccc1CC(N)CC. The van der Waals surface area contributed by atoms with Crippen molar-refractivity contribution < 1.29 is 4.74 Å². The lowest BCUT2D eigenvalue weighted by molar-refractivity contribution is 0.306. The number of allylic oxidation sites excluding steroid dienone is 1. The number of para-hydroxylation sites is 1. The highest BCUT2D eigenvalue weighted by Gasteiger charge is 2.10. The van der Waals surface area contributed by atoms with Gasteiger partial charge in [0.25, 0.3) is 0 Å². The third-order valence-electron chi connectivity index (χ3n) is 2.85. The average molecular weight is 312 g/mol. The van der Waals surface area contributed by atoms with E-state index in [-0.39, 0.29) is 6.04 Å². The molecule has 3 heteroatoms. The molecule has 1 unspecified atom stereocenters. The van der Waals surface area contributed by atoms with Crippen LogP contribution in [-0.4, -0.2) is 12.6 Å². The number of rotatable bonds is 8. The third-order valence-corrected chi connectivity index (χ3v) is 3.48. The summed E-state index contributed by atoms with van der Waals surface area (Å²) in [7, 11) is 0. The molecule has 1 aromatic rings. The zero-order chi connectivity index (χ0) is 13.4. The Morgan fingerprint density at radius 3 is 2.94 bits per heavy atom. The molecular weight excluding hydrogens is 290 g/mol. The van der Waals surface area contributed by atoms with Crippen LogP contribution < -0.4 is 10.5 Å². The van der Waals surface area contributed by atoms with Crippen molar-refractivity contribution in [3.63, 3.8) is 0 Å². The van der Waals surface area contributed by atoms with Crippen molar-refractivity contribution >= 4 is 15.9 Å². The molecular formula is C15H22BrNO. The fraction of sp³-hybridized carbons (Fsp3) is 0.467. The quantitative estimate of drug-likeness (QED) is 0.580. The van der Waals surface area contributed by atoms with E-state index in [2.05, 4.69) is 35.5 Å². The van der Waals surface area contributed by atoms with Crippen molar-refractivity contribution in [2.24, 2.45) is 5.73 Å². The van der Waals surface area contributed by atoms with Gasteiger partial charge in [-0.25, -0.2) is 0 Å². The molecule has 0 aromatic heterocycles. The van der Waals surface area contributed by atoms with Gasteiger partial charge < -0.3 is 10.5 Å². The second-order valence-corrected chi connectivity index (χ2v) is 5.23. The van der Waals surface area contributed by atoms with E-state index < -0.39 is 0 Å². The smallest absolute Gasteiger partial charge is 0.136 e. The van der Waals surface area contributed by atoms with Gasteiger partial charge in [0.15, 0.2) is 0 Å². The first kappa shape index (κ1) is 15.3. The van der Waals surface area contributed by atoms with Crippen molar-refractivity contribution in [2.45, 2.75) is 38.6 Å². The summed E-state index contributed by atoms with van der Waals surface area (Å²) in [5.74, 6) is 0.936. The Labute approximate surface area is 118 Å². The lowest BCUT2D eigenvalue weighted by Crippen LogP contribution is -2.21. The summed E-state index contributed by atoms with van der Waals surface area (Å²) in [6.07, 6.45) is 5.71. The number of hydrogen-bond donors (Lipinski definition) is 1. The van der Waals surface area contributed by atoms with Crippen molar-refractivity contribution in [3.8, 4) is 5.75 Å². The summed E-state index contributed by atoms with van der Waals surface area (Å²) in [5, 5.41) is 0. The van der Waals surface area contributed by atoms with Crippen LogP contribution in [0.4, 0.5) is 0 Å². The fourth-order valence-electron chi connectivity index (χ4n) is 1.70. The molecule has 0 amide bonds. The van der Waals surface area contributed by atoms with Crippen LogP contribution in [0.3, 0.4) is 0 Å². The fourth-order valence-corrected chi connectivity index (χ4v) is 2.23. The molecule has 0 bridgehead atoms. The first-order valence-corrected chi connectivity index (χ1v) is 7.25. The molecule has 0 aliphatic rings. The molecule has 0 saturated heterocycles. The van der Waals surface area contributed by atoms with E-state index in [1.165, 1.54) is 5.56 Å². The Hall–Kier alpha value is -0.800. The first-order chi connectivity index (χ1) is 8.69. The molecule has 0 heterocycles. The number of benzene rings is 1. The molecule has 100 valence electrons. The van der Waals surface area contributed by atoms with Gasteiger partial charge in [0.2, 0.25) is 0 Å². The van der Waals surface area contributed by atoms with Crippen LogP contribution in [0.2, 0.25) is 0 Å². The van der Waals surface area contributed by atoms with Crippen LogP contribution in [0.5, 0.6) is 5.75 Å². The lowest BCUT2D eigenvalue weighted by atomic mass is 10.0. The van der Waals surface area contributed by atoms with Gasteiger partial charge in [-0.2, -0.15) is 0 Å². The Balaban J connectivity index is 2.70. The lowest BCUT2D eigenvalue weighted by Gasteiger charge is -2.15. The molecule has 1 rings (SSSR count). The summed E-state index contributed by atoms with van der Waals surface area (Å²) in [6, 6.07) is 6.31. The van der Waals surface area contributed by atoms with Crippen LogP contribution in [0.15, 0.2) is 35.3 Å². The van der Waals surface area contributed by atoms with Crippen LogP contribution in [0.1, 0.15) is 31.7 Å². The highest BCUT2D eigenvalue weighted by atomic mass is 79.9. The number of halogens is 1. The van der Waals surface area contributed by atoms with Gasteiger partial charge in [-0.1, -0.05) is 25.1 Å². The van der Waals surface area contributed by atoms with Crippen molar-refractivity contribution in [1.29, 1.82) is 0 Å². The second-order valence-electron chi connectivity index (χ2n) is 4.38. The predicted molar refractivity (Wildman–Crippen MR) is 81.0 cm³/mol. The monoisotopic (exact) mass is 311 g/mol. The standard InChI is InChI=1S/C15H22BrNO/c1-3-5-6-10-18-15-12(11-13(17)4-2)8-7-9-14(15)16/h3,7-9,13H,1,4-6,10-11,17H2,2H3. The third kappa shape index (κ3) is 4.83. The zero-order valence-corrected chi connectivity index (χ0v) is 12.6. The average Bonchev–Trinajstić information content (AvgIpc) is 2.37. The van der Waals surface area contributed by atoms with Crippen LogP contribution >= 0.6 is 15.9 Å². The zero-order valence-electron chi connectivity index (χ0n) is 11.0. The molecule has 0 aliphatic carbocycles. The maximum absolute atomic E-state index is 6.02. The van der Waals surface area contributed by atoms with Gasteiger partial charge >= 0.3 is 0 Å². The molecule has 1 atom stereocenters. The Kier molecular flexibility index (Phi) is 7.06. The van der Waals surface area contributed by atoms with Crippen LogP contribution in [-0.2, 0) is 6.42 Å². The summed E-state index contributed by atoms with van der Waals surface area (Å²) in [6.45, 7) is 6.53. The molecule has 0 aliphatic heterocycles. The first-order valence-electron chi connectivity index (χ1n) is 6.45. The number of ether oxygens (including phenoxy) is 1. The van der Waals surface area contributed by atoms with E-state index in [4.69, 9.17) is 10.5 Å². The Morgan fingerprint density at radius 1 is 1.50 bits per heavy atom.